The van der Waals surface area contributed by atoms with Gasteiger partial charge in [-0.25, -0.2) is 0 Å². The number of hydrogen-bond donors (Lipinski definition) is 3. The van der Waals surface area contributed by atoms with Crippen LogP contribution in [0.1, 0.15) is 0 Å². The van der Waals surface area contributed by atoms with Crippen molar-refractivity contribution < 1.29 is 10.2 Å². The average Bonchev–Trinajstić information content (AvgIpc) is 1.93. The van der Waals surface area contributed by atoms with Crippen LogP contribution < -0.4 is 5.73 Å². The van der Waals surface area contributed by atoms with Crippen molar-refractivity contribution in [3.05, 3.63) is 17.2 Å². The number of nitrogen functional groups attached to an aromatic ring is 1. The molecule has 0 aromatic heterocycles. The van der Waals surface area contributed by atoms with E-state index in [-0.39, 0.29) is 22.2 Å². The lowest BCUT2D eigenvalue weighted by atomic mass is 10.3. The molecular formula is C6H6ClNO2. The number of anilines is 1. The normalized spacial score (nSPS) is 9.70. The fourth-order valence-corrected chi connectivity index (χ4v) is 0.731. The molecule has 0 aliphatic rings. The number of halogens is 1. The summed E-state index contributed by atoms with van der Waals surface area (Å²) in [6.07, 6.45) is 0. The Bertz CT molecular complexity index is 235. The molecule has 4 heteroatoms. The van der Waals surface area contributed by atoms with Gasteiger partial charge in [-0.3, -0.25) is 0 Å². The van der Waals surface area contributed by atoms with Crippen LogP contribution >= 0.6 is 11.6 Å². The number of rotatable bonds is 0. The highest BCUT2D eigenvalue weighted by Gasteiger charge is 2.05. The Balaban J connectivity index is 3.34. The predicted molar refractivity (Wildman–Crippen MR) is 39.2 cm³/mol. The van der Waals surface area contributed by atoms with Crippen LogP contribution in [0.2, 0.25) is 5.02 Å². The molecule has 0 heterocycles. The molecule has 4 N–H and O–H groups in total. The van der Waals surface area contributed by atoms with E-state index in [1.54, 1.807) is 0 Å². The summed E-state index contributed by atoms with van der Waals surface area (Å²) < 4.78 is 0. The third-order valence-electron chi connectivity index (χ3n) is 1.14. The maximum Gasteiger partial charge on any atom is 0.140 e. The summed E-state index contributed by atoms with van der Waals surface area (Å²) >= 11 is 5.45. The summed E-state index contributed by atoms with van der Waals surface area (Å²) in [5.41, 5.74) is 5.24. The van der Waals surface area contributed by atoms with Gasteiger partial charge in [0.1, 0.15) is 16.5 Å². The lowest BCUT2D eigenvalue weighted by Gasteiger charge is -2.01. The summed E-state index contributed by atoms with van der Waals surface area (Å²) in [5.74, 6) is -0.250. The first-order valence-corrected chi connectivity index (χ1v) is 2.96. The monoisotopic (exact) mass is 159 g/mol. The molecule has 0 fully saturated rings. The van der Waals surface area contributed by atoms with E-state index in [1.165, 1.54) is 12.1 Å². The Kier molecular flexibility index (Phi) is 1.59. The van der Waals surface area contributed by atoms with Crippen LogP contribution in [-0.2, 0) is 0 Å². The summed E-state index contributed by atoms with van der Waals surface area (Å²) in [4.78, 5) is 0. The van der Waals surface area contributed by atoms with Crippen LogP contribution in [0, 0.1) is 0 Å². The highest BCUT2D eigenvalue weighted by Crippen LogP contribution is 2.35. The van der Waals surface area contributed by atoms with Gasteiger partial charge < -0.3 is 15.9 Å². The Morgan fingerprint density at radius 2 is 1.70 bits per heavy atom. The van der Waals surface area contributed by atoms with Gasteiger partial charge in [-0.15, -0.1) is 0 Å². The smallest absolute Gasteiger partial charge is 0.140 e. The average molecular weight is 160 g/mol. The molecule has 0 saturated carbocycles. The fraction of sp³-hybridized carbons (Fsp3) is 0. The molecule has 0 atom stereocenters. The van der Waals surface area contributed by atoms with Gasteiger partial charge in [0.15, 0.2) is 0 Å². The Morgan fingerprint density at radius 3 is 2.20 bits per heavy atom. The van der Waals surface area contributed by atoms with E-state index in [9.17, 15) is 0 Å². The number of phenols is 2. The SMILES string of the molecule is Nc1c(O)ccc(O)c1Cl. The summed E-state index contributed by atoms with van der Waals surface area (Å²) in [5, 5.41) is 17.8. The van der Waals surface area contributed by atoms with Crippen molar-refractivity contribution in [3.63, 3.8) is 0 Å². The van der Waals surface area contributed by atoms with Crippen molar-refractivity contribution in [1.29, 1.82) is 0 Å². The molecule has 0 radical (unpaired) electrons. The Hall–Kier alpha value is -1.09. The summed E-state index contributed by atoms with van der Waals surface area (Å²) in [6, 6.07) is 2.55. The number of phenolic OH excluding ortho intramolecular Hbond substituents is 2. The Labute approximate surface area is 62.7 Å². The molecule has 0 aliphatic heterocycles. The maximum absolute atomic E-state index is 8.90. The molecule has 10 heavy (non-hydrogen) atoms. The highest BCUT2D eigenvalue weighted by atomic mass is 35.5. The van der Waals surface area contributed by atoms with Crippen molar-refractivity contribution in [3.8, 4) is 11.5 Å². The van der Waals surface area contributed by atoms with Gasteiger partial charge in [0.2, 0.25) is 0 Å². The molecule has 0 unspecified atom stereocenters. The first-order chi connectivity index (χ1) is 4.63. The largest absolute Gasteiger partial charge is 0.506 e. The van der Waals surface area contributed by atoms with E-state index in [1.807, 2.05) is 0 Å². The molecule has 1 aromatic carbocycles. The van der Waals surface area contributed by atoms with Crippen molar-refractivity contribution in [2.75, 3.05) is 5.73 Å². The third-order valence-corrected chi connectivity index (χ3v) is 1.53. The van der Waals surface area contributed by atoms with E-state index in [2.05, 4.69) is 0 Å². The van der Waals surface area contributed by atoms with Crippen LogP contribution in [0.5, 0.6) is 11.5 Å². The first kappa shape index (κ1) is 7.02. The van der Waals surface area contributed by atoms with Gasteiger partial charge in [-0.05, 0) is 12.1 Å². The lowest BCUT2D eigenvalue weighted by molar-refractivity contribution is 0.462. The van der Waals surface area contributed by atoms with Crippen molar-refractivity contribution in [2.45, 2.75) is 0 Å². The van der Waals surface area contributed by atoms with Gasteiger partial charge in [0.25, 0.3) is 0 Å². The van der Waals surface area contributed by atoms with Gasteiger partial charge in [-0.1, -0.05) is 11.6 Å². The van der Waals surface area contributed by atoms with Crippen LogP contribution in [0.3, 0.4) is 0 Å². The van der Waals surface area contributed by atoms with E-state index in [4.69, 9.17) is 27.5 Å². The number of nitrogens with two attached hydrogens (primary N) is 1. The molecule has 0 bridgehead atoms. The van der Waals surface area contributed by atoms with E-state index in [0.29, 0.717) is 0 Å². The van der Waals surface area contributed by atoms with Gasteiger partial charge in [0.05, 0.1) is 5.69 Å². The minimum absolute atomic E-state index is 0.00154. The second-order valence-corrected chi connectivity index (χ2v) is 2.21. The third kappa shape index (κ3) is 0.953. The predicted octanol–water partition coefficient (Wildman–Crippen LogP) is 1.33. The van der Waals surface area contributed by atoms with Crippen molar-refractivity contribution in [2.24, 2.45) is 0 Å². The van der Waals surface area contributed by atoms with Gasteiger partial charge in [-0.2, -0.15) is 0 Å². The van der Waals surface area contributed by atoms with E-state index in [0.717, 1.165) is 0 Å². The summed E-state index contributed by atoms with van der Waals surface area (Å²) in [6.45, 7) is 0. The maximum atomic E-state index is 8.90. The fourth-order valence-electron chi connectivity index (χ4n) is 0.571. The van der Waals surface area contributed by atoms with Gasteiger partial charge in [0, 0.05) is 0 Å². The molecule has 1 rings (SSSR count). The second-order valence-electron chi connectivity index (χ2n) is 1.83. The number of benzene rings is 1. The summed E-state index contributed by atoms with van der Waals surface area (Å²) in [7, 11) is 0. The van der Waals surface area contributed by atoms with E-state index >= 15 is 0 Å². The second kappa shape index (κ2) is 2.27. The standard InChI is InChI=1S/C6H6ClNO2/c7-5-3(9)1-2-4(10)6(5)8/h1-2,9-10H,8H2. The molecule has 1 aromatic rings. The number of aromatic hydroxyl groups is 2. The van der Waals surface area contributed by atoms with Crippen LogP contribution in [0.4, 0.5) is 5.69 Å². The Morgan fingerprint density at radius 1 is 1.20 bits per heavy atom. The first-order valence-electron chi connectivity index (χ1n) is 2.59. The van der Waals surface area contributed by atoms with Crippen LogP contribution in [0.15, 0.2) is 12.1 Å². The van der Waals surface area contributed by atoms with Crippen molar-refractivity contribution in [1.82, 2.24) is 0 Å². The van der Waals surface area contributed by atoms with E-state index < -0.39 is 0 Å². The minimum atomic E-state index is -0.128. The zero-order chi connectivity index (χ0) is 7.72. The van der Waals surface area contributed by atoms with Gasteiger partial charge >= 0.3 is 0 Å². The lowest BCUT2D eigenvalue weighted by Crippen LogP contribution is -1.86. The number of hydrogen-bond acceptors (Lipinski definition) is 3. The van der Waals surface area contributed by atoms with Crippen molar-refractivity contribution >= 4 is 17.3 Å². The zero-order valence-electron chi connectivity index (χ0n) is 5.00. The molecule has 0 amide bonds. The van der Waals surface area contributed by atoms with Crippen LogP contribution in [0.25, 0.3) is 0 Å². The zero-order valence-corrected chi connectivity index (χ0v) is 5.76. The molecular weight excluding hydrogens is 154 g/mol. The van der Waals surface area contributed by atoms with Crippen LogP contribution in [-0.4, -0.2) is 10.2 Å². The topological polar surface area (TPSA) is 66.5 Å². The molecule has 0 saturated heterocycles. The molecule has 0 spiro atoms. The molecule has 54 valence electrons. The molecule has 3 nitrogen and oxygen atoms in total. The minimum Gasteiger partial charge on any atom is -0.506 e. The quantitative estimate of drug-likeness (QED) is 0.304. The molecule has 0 aliphatic carbocycles. The highest BCUT2D eigenvalue weighted by molar-refractivity contribution is 6.34.